The van der Waals surface area contributed by atoms with Crippen LogP contribution in [0.1, 0.15) is 43.1 Å². The van der Waals surface area contributed by atoms with Crippen LogP contribution in [-0.4, -0.2) is 80.0 Å². The summed E-state index contributed by atoms with van der Waals surface area (Å²) in [6, 6.07) is 9.73. The van der Waals surface area contributed by atoms with E-state index in [1.807, 2.05) is 36.5 Å². The first kappa shape index (κ1) is 27.0. The Morgan fingerprint density at radius 1 is 1.12 bits per heavy atom. The molecule has 0 aliphatic heterocycles. The van der Waals surface area contributed by atoms with Gasteiger partial charge in [-0.05, 0) is 48.2 Å². The van der Waals surface area contributed by atoms with Gasteiger partial charge in [-0.25, -0.2) is 23.2 Å². The number of fused-ring (bicyclic) bond motifs is 1. The van der Waals surface area contributed by atoms with Crippen LogP contribution in [0.4, 0.5) is 5.82 Å². The van der Waals surface area contributed by atoms with Crippen molar-refractivity contribution in [3.63, 3.8) is 0 Å². The van der Waals surface area contributed by atoms with Gasteiger partial charge in [-0.3, -0.25) is 0 Å². The molecular formula is C26H30N10O4S. The molecule has 0 bridgehead atoms. The number of anilines is 1. The molecule has 0 saturated heterocycles. The zero-order valence-corrected chi connectivity index (χ0v) is 23.5. The number of nitrogen functional groups attached to an aromatic ring is 1. The molecule has 15 heteroatoms. The molecule has 0 radical (unpaired) electrons. The van der Waals surface area contributed by atoms with Crippen LogP contribution < -0.4 is 5.73 Å². The highest BCUT2D eigenvalue weighted by Crippen LogP contribution is 2.46. The van der Waals surface area contributed by atoms with Gasteiger partial charge in [0.25, 0.3) is 0 Å². The lowest BCUT2D eigenvalue weighted by atomic mass is 9.76. The summed E-state index contributed by atoms with van der Waals surface area (Å²) < 4.78 is 40.6. The Labute approximate surface area is 235 Å². The van der Waals surface area contributed by atoms with Crippen molar-refractivity contribution in [2.75, 3.05) is 32.3 Å². The molecule has 0 amide bonds. The fourth-order valence-electron chi connectivity index (χ4n) is 5.54. The zero-order chi connectivity index (χ0) is 28.6. The number of ether oxygens (including phenoxy) is 2. The van der Waals surface area contributed by atoms with Crippen molar-refractivity contribution >= 4 is 21.3 Å². The molecule has 1 aromatic carbocycles. The number of nitrogens with one attached hydrogen (secondary N) is 1. The quantitative estimate of drug-likeness (QED) is 0.245. The van der Waals surface area contributed by atoms with Crippen molar-refractivity contribution in [1.29, 1.82) is 0 Å². The van der Waals surface area contributed by atoms with E-state index in [0.717, 1.165) is 17.5 Å². The van der Waals surface area contributed by atoms with Crippen LogP contribution in [0.25, 0.3) is 22.5 Å². The highest BCUT2D eigenvalue weighted by Gasteiger charge is 2.43. The SMILES string of the molecule is COCCO[C@]1(c2nnn[nH]2)CC[C@H](c2nc3c(-c4cnn(-c5ccccc5)c4)cnn3c(N)c2S(C)(=O)=O)CC1. The predicted octanol–water partition coefficient (Wildman–Crippen LogP) is 2.30. The first-order valence-electron chi connectivity index (χ1n) is 13.2. The summed E-state index contributed by atoms with van der Waals surface area (Å²) in [5, 5.41) is 23.3. The Morgan fingerprint density at radius 2 is 1.90 bits per heavy atom. The minimum atomic E-state index is -3.73. The lowest BCUT2D eigenvalue weighted by molar-refractivity contribution is -0.0979. The van der Waals surface area contributed by atoms with Crippen molar-refractivity contribution in [3.05, 3.63) is 60.4 Å². The molecule has 1 aliphatic carbocycles. The summed E-state index contributed by atoms with van der Waals surface area (Å²) in [4.78, 5) is 4.92. The topological polar surface area (TPSA) is 181 Å². The molecule has 6 rings (SSSR count). The van der Waals surface area contributed by atoms with Gasteiger partial charge in [0, 0.05) is 36.6 Å². The first-order valence-corrected chi connectivity index (χ1v) is 15.0. The molecule has 3 N–H and O–H groups in total. The van der Waals surface area contributed by atoms with Crippen LogP contribution in [0.2, 0.25) is 0 Å². The summed E-state index contributed by atoms with van der Waals surface area (Å²) in [5.74, 6) is 0.366. The van der Waals surface area contributed by atoms with Crippen molar-refractivity contribution < 1.29 is 17.9 Å². The van der Waals surface area contributed by atoms with Gasteiger partial charge in [0.2, 0.25) is 0 Å². The molecule has 0 spiro atoms. The van der Waals surface area contributed by atoms with Crippen molar-refractivity contribution in [2.45, 2.75) is 42.1 Å². The third-order valence-electron chi connectivity index (χ3n) is 7.57. The van der Waals surface area contributed by atoms with Crippen LogP contribution in [0.5, 0.6) is 0 Å². The molecule has 4 heterocycles. The van der Waals surface area contributed by atoms with Gasteiger partial charge in [-0.1, -0.05) is 18.2 Å². The maximum atomic E-state index is 13.0. The fraction of sp³-hybridized carbons (Fsp3) is 0.385. The summed E-state index contributed by atoms with van der Waals surface area (Å²) in [6.45, 7) is 0.786. The van der Waals surface area contributed by atoms with Crippen LogP contribution in [0, 0.1) is 0 Å². The first-order chi connectivity index (χ1) is 19.8. The normalized spacial score (nSPS) is 19.6. The molecule has 0 unspecified atom stereocenters. The summed E-state index contributed by atoms with van der Waals surface area (Å²) in [7, 11) is -2.12. The van der Waals surface area contributed by atoms with Crippen LogP contribution in [0.3, 0.4) is 0 Å². The molecule has 41 heavy (non-hydrogen) atoms. The highest BCUT2D eigenvalue weighted by molar-refractivity contribution is 7.91. The van der Waals surface area contributed by atoms with Gasteiger partial charge >= 0.3 is 0 Å². The Hall–Kier alpha value is -4.21. The maximum Gasteiger partial charge on any atom is 0.180 e. The molecule has 1 fully saturated rings. The number of nitrogens with zero attached hydrogens (tertiary/aromatic N) is 8. The van der Waals surface area contributed by atoms with E-state index in [2.05, 4.69) is 30.8 Å². The van der Waals surface area contributed by atoms with Crippen LogP contribution >= 0.6 is 0 Å². The minimum absolute atomic E-state index is 0.00114. The summed E-state index contributed by atoms with van der Waals surface area (Å²) in [5.41, 5.74) is 9.03. The molecular weight excluding hydrogens is 548 g/mol. The average Bonchev–Trinajstić information content (AvgIpc) is 3.75. The number of rotatable bonds is 9. The van der Waals surface area contributed by atoms with Gasteiger partial charge in [0.05, 0.1) is 37.0 Å². The van der Waals surface area contributed by atoms with Crippen molar-refractivity contribution in [2.24, 2.45) is 0 Å². The number of benzene rings is 1. The fourth-order valence-corrected chi connectivity index (χ4v) is 6.60. The molecule has 5 aromatic rings. The molecule has 0 atom stereocenters. The summed E-state index contributed by atoms with van der Waals surface area (Å²) in [6.07, 6.45) is 8.63. The van der Waals surface area contributed by atoms with Gasteiger partial charge in [0.15, 0.2) is 21.3 Å². The Morgan fingerprint density at radius 3 is 2.59 bits per heavy atom. The number of para-hydroxylation sites is 1. The number of aromatic amines is 1. The van der Waals surface area contributed by atoms with E-state index in [1.165, 1.54) is 4.52 Å². The summed E-state index contributed by atoms with van der Waals surface area (Å²) >= 11 is 0. The van der Waals surface area contributed by atoms with E-state index in [0.29, 0.717) is 61.6 Å². The average molecular weight is 579 g/mol. The van der Waals surface area contributed by atoms with E-state index < -0.39 is 15.4 Å². The largest absolute Gasteiger partial charge is 0.382 e. The number of hydrogen-bond donors (Lipinski definition) is 2. The molecule has 1 saturated carbocycles. The molecule has 1 aliphatic rings. The minimum Gasteiger partial charge on any atom is -0.382 e. The predicted molar refractivity (Wildman–Crippen MR) is 148 cm³/mol. The highest BCUT2D eigenvalue weighted by atomic mass is 32.2. The number of tetrazole rings is 1. The maximum absolute atomic E-state index is 13.0. The Bertz CT molecular complexity index is 1760. The molecule has 14 nitrogen and oxygen atoms in total. The Kier molecular flexibility index (Phi) is 7.01. The second-order valence-electron chi connectivity index (χ2n) is 10.1. The van der Waals surface area contributed by atoms with E-state index in [4.69, 9.17) is 20.2 Å². The van der Waals surface area contributed by atoms with Crippen molar-refractivity contribution in [1.82, 2.24) is 45.0 Å². The van der Waals surface area contributed by atoms with Gasteiger partial charge < -0.3 is 15.2 Å². The zero-order valence-electron chi connectivity index (χ0n) is 22.6. The van der Waals surface area contributed by atoms with E-state index >= 15 is 0 Å². The monoisotopic (exact) mass is 578 g/mol. The number of methoxy groups -OCH3 is 1. The van der Waals surface area contributed by atoms with E-state index in [9.17, 15) is 8.42 Å². The van der Waals surface area contributed by atoms with Gasteiger partial charge in [0.1, 0.15) is 16.3 Å². The lowest BCUT2D eigenvalue weighted by Gasteiger charge is -2.38. The van der Waals surface area contributed by atoms with Crippen molar-refractivity contribution in [3.8, 4) is 16.8 Å². The van der Waals surface area contributed by atoms with Gasteiger partial charge in [-0.15, -0.1) is 5.10 Å². The molecule has 214 valence electrons. The van der Waals surface area contributed by atoms with Crippen LogP contribution in [-0.2, 0) is 24.9 Å². The number of sulfone groups is 1. The van der Waals surface area contributed by atoms with E-state index in [-0.39, 0.29) is 16.6 Å². The smallest absolute Gasteiger partial charge is 0.180 e. The second-order valence-corrected chi connectivity index (χ2v) is 12.1. The number of hydrogen-bond acceptors (Lipinski definition) is 11. The molecule has 4 aromatic heterocycles. The lowest BCUT2D eigenvalue weighted by Crippen LogP contribution is -2.37. The third-order valence-corrected chi connectivity index (χ3v) is 8.73. The third kappa shape index (κ3) is 4.96. The second kappa shape index (κ2) is 10.6. The number of H-pyrrole nitrogens is 1. The van der Waals surface area contributed by atoms with E-state index in [1.54, 1.807) is 24.2 Å². The Balaban J connectivity index is 1.39. The standard InChI is InChI=1S/C26H30N10O4S/c1-39-12-13-40-26(25-31-33-34-32-25)10-8-17(9-11-26)21-22(41(2,37)38)23(27)36-24(30-21)20(15-29-36)18-14-28-35(16-18)19-6-4-3-5-7-19/h3-7,14-17H,8-13,27H2,1-2H3,(H,31,32,33,34)/t17-,26+. The number of aromatic nitrogens is 9. The number of nitrogens with two attached hydrogens (primary N) is 1. The van der Waals surface area contributed by atoms with Gasteiger partial charge in [-0.2, -0.15) is 14.7 Å². The van der Waals surface area contributed by atoms with Crippen LogP contribution in [0.15, 0.2) is 53.8 Å².